The molecule has 3 atom stereocenters. The van der Waals surface area contributed by atoms with Gasteiger partial charge in [-0.1, -0.05) is 18.6 Å². The van der Waals surface area contributed by atoms with Crippen LogP contribution in [0.5, 0.6) is 0 Å². The fraction of sp³-hybridized carbons (Fsp3) is 0.625. The van der Waals surface area contributed by atoms with E-state index in [-0.39, 0.29) is 23.9 Å². The van der Waals surface area contributed by atoms with Gasteiger partial charge in [0.15, 0.2) is 0 Å². The molecule has 8 nitrogen and oxygen atoms in total. The monoisotopic (exact) mass is 439 g/mol. The quantitative estimate of drug-likeness (QED) is 0.526. The van der Waals surface area contributed by atoms with Gasteiger partial charge >= 0.3 is 5.69 Å². The Morgan fingerprint density at radius 3 is 2.56 bits per heavy atom. The third-order valence-corrected chi connectivity index (χ3v) is 7.41. The van der Waals surface area contributed by atoms with Crippen LogP contribution >= 0.6 is 0 Å². The molecule has 1 aromatic carbocycles. The topological polar surface area (TPSA) is 88.4 Å². The summed E-state index contributed by atoms with van der Waals surface area (Å²) in [7, 11) is 1.77. The Labute approximate surface area is 187 Å². The zero-order valence-electron chi connectivity index (χ0n) is 18.8. The summed E-state index contributed by atoms with van der Waals surface area (Å²) < 4.78 is 3.23. The normalized spacial score (nSPS) is 26.5. The summed E-state index contributed by atoms with van der Waals surface area (Å²) in [4.78, 5) is 39.6. The fourth-order valence-corrected chi connectivity index (χ4v) is 5.88. The number of piperazine rings is 1. The van der Waals surface area contributed by atoms with E-state index in [1.165, 1.54) is 19.3 Å². The highest BCUT2D eigenvalue weighted by Crippen LogP contribution is 2.26. The molecule has 0 radical (unpaired) electrons. The van der Waals surface area contributed by atoms with Crippen molar-refractivity contribution in [2.24, 2.45) is 7.05 Å². The molecule has 2 aromatic rings. The second kappa shape index (κ2) is 8.83. The maximum Gasteiger partial charge on any atom is 0.329 e. The molecule has 5 rings (SSSR count). The predicted molar refractivity (Wildman–Crippen MR) is 123 cm³/mol. The van der Waals surface area contributed by atoms with Crippen molar-refractivity contribution >= 4 is 22.8 Å². The van der Waals surface area contributed by atoms with Crippen LogP contribution in [0.25, 0.3) is 11.0 Å². The summed E-state index contributed by atoms with van der Waals surface area (Å²) >= 11 is 0. The SMILES string of the molecule is Cn1c(=O)n(C2CCC(=O)NC2=O)c2cccc(CCCCN3C[C@H]4CCC[C@@H](C3)N4)c21. The van der Waals surface area contributed by atoms with Crippen molar-refractivity contribution in [3.8, 4) is 0 Å². The van der Waals surface area contributed by atoms with Gasteiger partial charge in [0.2, 0.25) is 11.8 Å². The van der Waals surface area contributed by atoms with E-state index in [0.717, 1.165) is 55.5 Å². The lowest BCUT2D eigenvalue weighted by molar-refractivity contribution is -0.135. The van der Waals surface area contributed by atoms with E-state index in [1.54, 1.807) is 16.2 Å². The number of aryl methyl sites for hydroxylation is 2. The zero-order chi connectivity index (χ0) is 22.2. The van der Waals surface area contributed by atoms with Gasteiger partial charge in [-0.2, -0.15) is 0 Å². The molecule has 3 aliphatic rings. The molecule has 1 aromatic heterocycles. The highest BCUT2D eigenvalue weighted by Gasteiger charge is 2.32. The molecule has 172 valence electrons. The molecule has 0 saturated carbocycles. The van der Waals surface area contributed by atoms with E-state index >= 15 is 0 Å². The molecule has 3 saturated heterocycles. The van der Waals surface area contributed by atoms with Crippen LogP contribution < -0.4 is 16.3 Å². The maximum absolute atomic E-state index is 13.0. The van der Waals surface area contributed by atoms with E-state index in [1.807, 2.05) is 12.1 Å². The number of amides is 2. The van der Waals surface area contributed by atoms with E-state index in [0.29, 0.717) is 18.5 Å². The molecule has 8 heteroatoms. The first-order valence-electron chi connectivity index (χ1n) is 12.0. The highest BCUT2D eigenvalue weighted by atomic mass is 16.2. The Morgan fingerprint density at radius 1 is 1.03 bits per heavy atom. The Bertz CT molecular complexity index is 1080. The van der Waals surface area contributed by atoms with Crippen molar-refractivity contribution in [1.29, 1.82) is 0 Å². The average molecular weight is 440 g/mol. The van der Waals surface area contributed by atoms with E-state index in [4.69, 9.17) is 0 Å². The molecule has 0 spiro atoms. The molecule has 32 heavy (non-hydrogen) atoms. The summed E-state index contributed by atoms with van der Waals surface area (Å²) in [6.07, 6.45) is 7.68. The first kappa shape index (κ1) is 21.4. The molecule has 3 fully saturated rings. The minimum absolute atomic E-state index is 0.200. The Balaban J connectivity index is 1.28. The first-order chi connectivity index (χ1) is 15.5. The number of carbonyl (C=O) groups is 2. The lowest BCUT2D eigenvalue weighted by Crippen LogP contribution is -2.58. The second-order valence-electron chi connectivity index (χ2n) is 9.67. The molecular weight excluding hydrogens is 406 g/mol. The second-order valence-corrected chi connectivity index (χ2v) is 9.67. The number of aromatic nitrogens is 2. The van der Waals surface area contributed by atoms with Gasteiger partial charge in [0.05, 0.1) is 11.0 Å². The summed E-state index contributed by atoms with van der Waals surface area (Å²) in [6, 6.07) is 6.66. The molecule has 2 amide bonds. The standard InChI is InChI=1S/C24H33N5O3/c1-27-22-16(6-2-3-13-28-14-17-8-5-9-18(15-28)25-17)7-4-10-19(22)29(24(27)32)20-11-12-21(30)26-23(20)31/h4,7,10,17-18,20,25H,2-3,5-6,8-9,11-15H2,1H3,(H,26,30,31)/t17-,18+,20?. The number of likely N-dealkylation sites (tertiary alicyclic amines) is 1. The Kier molecular flexibility index (Phi) is 5.90. The first-order valence-corrected chi connectivity index (χ1v) is 12.0. The van der Waals surface area contributed by atoms with Crippen molar-refractivity contribution in [3.05, 3.63) is 34.2 Å². The van der Waals surface area contributed by atoms with Gasteiger partial charge in [-0.25, -0.2) is 4.79 Å². The smallest absolute Gasteiger partial charge is 0.309 e. The van der Waals surface area contributed by atoms with Crippen LogP contribution in [0.4, 0.5) is 0 Å². The number of imide groups is 1. The van der Waals surface area contributed by atoms with Crippen LogP contribution in [0, 0.1) is 0 Å². The van der Waals surface area contributed by atoms with E-state index < -0.39 is 6.04 Å². The molecule has 0 aliphatic carbocycles. The number of imidazole rings is 1. The average Bonchev–Trinajstić information content (AvgIpc) is 3.02. The maximum atomic E-state index is 13.0. The van der Waals surface area contributed by atoms with Gasteiger partial charge in [-0.3, -0.25) is 24.0 Å². The molecule has 4 heterocycles. The van der Waals surface area contributed by atoms with Gasteiger partial charge in [-0.05, 0) is 56.7 Å². The molecule has 1 unspecified atom stereocenters. The number of nitrogens with one attached hydrogen (secondary N) is 2. The number of benzene rings is 1. The number of fused-ring (bicyclic) bond motifs is 3. The third kappa shape index (κ3) is 4.01. The number of carbonyl (C=O) groups excluding carboxylic acids is 2. The van der Waals surface area contributed by atoms with Crippen molar-refractivity contribution in [3.63, 3.8) is 0 Å². The number of hydrogen-bond donors (Lipinski definition) is 2. The number of hydrogen-bond acceptors (Lipinski definition) is 5. The van der Waals surface area contributed by atoms with Crippen LogP contribution in [-0.2, 0) is 23.1 Å². The number of nitrogens with zero attached hydrogens (tertiary/aromatic N) is 3. The van der Waals surface area contributed by atoms with E-state index in [9.17, 15) is 14.4 Å². The van der Waals surface area contributed by atoms with Crippen molar-refractivity contribution in [1.82, 2.24) is 24.7 Å². The van der Waals surface area contributed by atoms with Gasteiger partial charge in [0, 0.05) is 38.6 Å². The van der Waals surface area contributed by atoms with Crippen molar-refractivity contribution < 1.29 is 9.59 Å². The van der Waals surface area contributed by atoms with Crippen LogP contribution in [-0.4, -0.2) is 57.6 Å². The number of unbranched alkanes of at least 4 members (excludes halogenated alkanes) is 1. The summed E-state index contributed by atoms with van der Waals surface area (Å²) in [5, 5.41) is 6.12. The minimum Gasteiger partial charge on any atom is -0.309 e. The van der Waals surface area contributed by atoms with Gasteiger partial charge in [-0.15, -0.1) is 0 Å². The number of piperidine rings is 2. The molecular formula is C24H33N5O3. The lowest BCUT2D eigenvalue weighted by atomic mass is 9.94. The van der Waals surface area contributed by atoms with Crippen LogP contribution in [0.1, 0.15) is 56.6 Å². The van der Waals surface area contributed by atoms with Gasteiger partial charge < -0.3 is 10.2 Å². The Morgan fingerprint density at radius 2 is 1.81 bits per heavy atom. The summed E-state index contributed by atoms with van der Waals surface area (Å²) in [6.45, 7) is 3.45. The third-order valence-electron chi connectivity index (χ3n) is 7.41. The van der Waals surface area contributed by atoms with Crippen LogP contribution in [0.3, 0.4) is 0 Å². The molecule has 2 bridgehead atoms. The largest absolute Gasteiger partial charge is 0.329 e. The van der Waals surface area contributed by atoms with Gasteiger partial charge in [0.1, 0.15) is 6.04 Å². The number of rotatable bonds is 6. The summed E-state index contributed by atoms with van der Waals surface area (Å²) in [5.74, 6) is -0.657. The highest BCUT2D eigenvalue weighted by molar-refractivity contribution is 6.00. The van der Waals surface area contributed by atoms with Gasteiger partial charge in [0.25, 0.3) is 0 Å². The molecule has 2 N–H and O–H groups in total. The zero-order valence-corrected chi connectivity index (χ0v) is 18.8. The number of para-hydroxylation sites is 1. The Hall–Kier alpha value is -2.45. The minimum atomic E-state index is -0.633. The fourth-order valence-electron chi connectivity index (χ4n) is 5.88. The predicted octanol–water partition coefficient (Wildman–Crippen LogP) is 1.47. The molecule has 3 aliphatic heterocycles. The lowest BCUT2D eigenvalue weighted by Gasteiger charge is -2.42. The summed E-state index contributed by atoms with van der Waals surface area (Å²) in [5.41, 5.74) is 2.62. The van der Waals surface area contributed by atoms with Crippen LogP contribution in [0.2, 0.25) is 0 Å². The van der Waals surface area contributed by atoms with Crippen molar-refractivity contribution in [2.75, 3.05) is 19.6 Å². The van der Waals surface area contributed by atoms with Crippen LogP contribution in [0.15, 0.2) is 23.0 Å². The van der Waals surface area contributed by atoms with E-state index in [2.05, 4.69) is 21.6 Å². The van der Waals surface area contributed by atoms with Crippen molar-refractivity contribution in [2.45, 2.75) is 69.5 Å².